The smallest absolute Gasteiger partial charge is 0.339 e. The highest BCUT2D eigenvalue weighted by molar-refractivity contribution is 7.87. The monoisotopic (exact) mass is 492 g/mol. The van der Waals surface area contributed by atoms with Crippen molar-refractivity contribution in [3.63, 3.8) is 0 Å². The van der Waals surface area contributed by atoms with E-state index in [9.17, 15) is 17.6 Å². The summed E-state index contributed by atoms with van der Waals surface area (Å²) in [6.45, 7) is 4.05. The van der Waals surface area contributed by atoms with Crippen LogP contribution in [-0.4, -0.2) is 25.4 Å². The SMILES string of the molecule is CC(C)N(Cc1cccc(OS(=O)(=O)c2ccc(F)cc2)c1)C(=O)Nc1cccc2ccccc12. The predicted octanol–water partition coefficient (Wildman–Crippen LogP) is 6.19. The molecule has 6 nitrogen and oxygen atoms in total. The topological polar surface area (TPSA) is 75.7 Å². The van der Waals surface area contributed by atoms with Crippen LogP contribution in [0.15, 0.2) is 95.9 Å². The molecule has 0 unspecified atom stereocenters. The number of carbonyl (C=O) groups is 1. The van der Waals surface area contributed by atoms with E-state index in [2.05, 4.69) is 5.32 Å². The lowest BCUT2D eigenvalue weighted by Crippen LogP contribution is -2.39. The van der Waals surface area contributed by atoms with Crippen LogP contribution in [0, 0.1) is 5.82 Å². The van der Waals surface area contributed by atoms with Crippen molar-refractivity contribution in [2.45, 2.75) is 31.3 Å². The first kappa shape index (κ1) is 24.2. The molecule has 0 heterocycles. The Morgan fingerprint density at radius 2 is 1.63 bits per heavy atom. The van der Waals surface area contributed by atoms with Crippen LogP contribution in [0.4, 0.5) is 14.9 Å². The summed E-state index contributed by atoms with van der Waals surface area (Å²) in [5.74, 6) is -0.438. The predicted molar refractivity (Wildman–Crippen MR) is 134 cm³/mol. The second-order valence-corrected chi connectivity index (χ2v) is 9.86. The van der Waals surface area contributed by atoms with Crippen molar-refractivity contribution in [3.8, 4) is 5.75 Å². The van der Waals surface area contributed by atoms with Crippen molar-refractivity contribution in [3.05, 3.63) is 102 Å². The second kappa shape index (κ2) is 10.1. The minimum absolute atomic E-state index is 0.102. The van der Waals surface area contributed by atoms with Crippen LogP contribution in [0.1, 0.15) is 19.4 Å². The van der Waals surface area contributed by atoms with Gasteiger partial charge in [-0.2, -0.15) is 8.42 Å². The Balaban J connectivity index is 1.52. The summed E-state index contributed by atoms with van der Waals surface area (Å²) in [6.07, 6.45) is 0. The molecule has 0 aromatic heterocycles. The van der Waals surface area contributed by atoms with Crippen LogP contribution in [0.25, 0.3) is 10.8 Å². The van der Waals surface area contributed by atoms with Gasteiger partial charge in [0.1, 0.15) is 16.5 Å². The van der Waals surface area contributed by atoms with Crippen molar-refractivity contribution in [2.24, 2.45) is 0 Å². The van der Waals surface area contributed by atoms with E-state index in [1.807, 2.05) is 56.3 Å². The van der Waals surface area contributed by atoms with Crippen LogP contribution in [0.5, 0.6) is 5.75 Å². The molecule has 2 amide bonds. The minimum atomic E-state index is -4.13. The Bertz CT molecular complexity index is 1450. The van der Waals surface area contributed by atoms with E-state index < -0.39 is 15.9 Å². The van der Waals surface area contributed by atoms with Gasteiger partial charge in [-0.15, -0.1) is 0 Å². The Morgan fingerprint density at radius 1 is 0.943 bits per heavy atom. The molecule has 4 aromatic rings. The van der Waals surface area contributed by atoms with Gasteiger partial charge in [0.15, 0.2) is 0 Å². The van der Waals surface area contributed by atoms with E-state index in [1.165, 1.54) is 6.07 Å². The van der Waals surface area contributed by atoms with Crippen molar-refractivity contribution < 1.29 is 21.8 Å². The van der Waals surface area contributed by atoms with E-state index in [-0.39, 0.29) is 29.3 Å². The lowest BCUT2D eigenvalue weighted by molar-refractivity contribution is 0.193. The maximum Gasteiger partial charge on any atom is 0.339 e. The van der Waals surface area contributed by atoms with Crippen molar-refractivity contribution >= 4 is 32.6 Å². The van der Waals surface area contributed by atoms with E-state index in [1.54, 1.807) is 23.1 Å². The van der Waals surface area contributed by atoms with Crippen LogP contribution in [0.2, 0.25) is 0 Å². The molecule has 0 saturated heterocycles. The number of halogens is 1. The fraction of sp³-hybridized carbons (Fsp3) is 0.148. The van der Waals surface area contributed by atoms with E-state index in [0.717, 1.165) is 35.0 Å². The number of nitrogens with zero attached hydrogens (tertiary/aromatic N) is 1. The third-order valence-corrected chi connectivity index (χ3v) is 6.74. The largest absolute Gasteiger partial charge is 0.379 e. The summed E-state index contributed by atoms with van der Waals surface area (Å²) < 4.78 is 43.5. The highest BCUT2D eigenvalue weighted by Crippen LogP contribution is 2.25. The molecular formula is C27H25FN2O4S. The summed E-state index contributed by atoms with van der Waals surface area (Å²) >= 11 is 0. The number of benzene rings is 4. The van der Waals surface area contributed by atoms with Gasteiger partial charge < -0.3 is 14.4 Å². The number of nitrogens with one attached hydrogen (secondary N) is 1. The summed E-state index contributed by atoms with van der Waals surface area (Å²) in [5.41, 5.74) is 1.40. The van der Waals surface area contributed by atoms with Gasteiger partial charge in [0.05, 0.1) is 5.69 Å². The van der Waals surface area contributed by atoms with Crippen LogP contribution in [-0.2, 0) is 16.7 Å². The zero-order chi connectivity index (χ0) is 25.0. The highest BCUT2D eigenvalue weighted by atomic mass is 32.2. The molecule has 1 N–H and O–H groups in total. The number of hydrogen-bond donors (Lipinski definition) is 1. The summed E-state index contributed by atoms with van der Waals surface area (Å²) in [5, 5.41) is 4.95. The average molecular weight is 493 g/mol. The molecule has 0 aliphatic rings. The van der Waals surface area contributed by atoms with E-state index in [4.69, 9.17) is 4.18 Å². The molecule has 0 atom stereocenters. The first-order valence-electron chi connectivity index (χ1n) is 11.1. The van der Waals surface area contributed by atoms with Gasteiger partial charge in [0.2, 0.25) is 0 Å². The molecule has 4 aromatic carbocycles. The fourth-order valence-corrected chi connectivity index (χ4v) is 4.60. The lowest BCUT2D eigenvalue weighted by atomic mass is 10.1. The number of amides is 2. The van der Waals surface area contributed by atoms with Gasteiger partial charge in [0, 0.05) is 18.0 Å². The first-order valence-corrected chi connectivity index (χ1v) is 12.5. The summed E-state index contributed by atoms with van der Waals surface area (Å²) in [6, 6.07) is 24.1. The maximum atomic E-state index is 13.2. The number of urea groups is 1. The number of carbonyl (C=O) groups excluding carboxylic acids is 1. The Labute approximate surface area is 204 Å². The molecule has 0 radical (unpaired) electrons. The molecule has 0 fully saturated rings. The third kappa shape index (κ3) is 5.78. The fourth-order valence-electron chi connectivity index (χ4n) is 3.68. The van der Waals surface area contributed by atoms with Gasteiger partial charge in [-0.1, -0.05) is 48.5 Å². The number of rotatable bonds is 7. The molecule has 180 valence electrons. The van der Waals surface area contributed by atoms with Crippen LogP contribution < -0.4 is 9.50 Å². The van der Waals surface area contributed by atoms with Crippen molar-refractivity contribution in [1.82, 2.24) is 4.90 Å². The average Bonchev–Trinajstić information content (AvgIpc) is 2.83. The summed E-state index contributed by atoms with van der Waals surface area (Å²) in [4.78, 5) is 14.7. The Kier molecular flexibility index (Phi) is 7.02. The quantitative estimate of drug-likeness (QED) is 0.312. The minimum Gasteiger partial charge on any atom is -0.379 e. The summed E-state index contributed by atoms with van der Waals surface area (Å²) in [7, 11) is -4.13. The van der Waals surface area contributed by atoms with E-state index >= 15 is 0 Å². The highest BCUT2D eigenvalue weighted by Gasteiger charge is 2.20. The zero-order valence-electron chi connectivity index (χ0n) is 19.3. The number of fused-ring (bicyclic) bond motifs is 1. The normalized spacial score (nSPS) is 11.4. The lowest BCUT2D eigenvalue weighted by Gasteiger charge is -2.27. The number of hydrogen-bond acceptors (Lipinski definition) is 4. The molecule has 4 rings (SSSR count). The molecule has 0 saturated carbocycles. The van der Waals surface area contributed by atoms with Gasteiger partial charge in [-0.05, 0) is 67.3 Å². The van der Waals surface area contributed by atoms with Gasteiger partial charge in [-0.3, -0.25) is 0 Å². The Hall–Kier alpha value is -3.91. The standard InChI is InChI=1S/C27H25FN2O4S/c1-19(2)30(27(31)29-26-12-6-9-21-8-3-4-11-25(21)26)18-20-7-5-10-23(17-20)34-35(32,33)24-15-13-22(28)14-16-24/h3-17,19H,18H2,1-2H3,(H,29,31). The van der Waals surface area contributed by atoms with Crippen molar-refractivity contribution in [1.29, 1.82) is 0 Å². The molecule has 8 heteroatoms. The molecule has 35 heavy (non-hydrogen) atoms. The second-order valence-electron chi connectivity index (χ2n) is 8.32. The third-order valence-electron chi connectivity index (χ3n) is 5.48. The molecule has 0 aliphatic heterocycles. The van der Waals surface area contributed by atoms with Crippen molar-refractivity contribution in [2.75, 3.05) is 5.32 Å². The van der Waals surface area contributed by atoms with E-state index in [0.29, 0.717) is 11.3 Å². The van der Waals surface area contributed by atoms with Gasteiger partial charge in [0.25, 0.3) is 0 Å². The van der Waals surface area contributed by atoms with Crippen LogP contribution in [0.3, 0.4) is 0 Å². The number of anilines is 1. The van der Waals surface area contributed by atoms with Crippen LogP contribution >= 0.6 is 0 Å². The molecule has 0 bridgehead atoms. The first-order chi connectivity index (χ1) is 16.7. The maximum absolute atomic E-state index is 13.2. The molecule has 0 aliphatic carbocycles. The molecule has 0 spiro atoms. The Morgan fingerprint density at radius 3 is 2.37 bits per heavy atom. The van der Waals surface area contributed by atoms with Gasteiger partial charge >= 0.3 is 16.1 Å². The zero-order valence-corrected chi connectivity index (χ0v) is 20.1. The molecular weight excluding hydrogens is 467 g/mol. The van der Waals surface area contributed by atoms with Gasteiger partial charge in [-0.25, -0.2) is 9.18 Å².